The molecule has 1 aliphatic rings. The Balaban J connectivity index is 2.61. The highest BCUT2D eigenvalue weighted by Gasteiger charge is 2.20. The number of benzene rings is 1. The first kappa shape index (κ1) is 5.45. The number of allylic oxidation sites excluding steroid dienone is 1. The van der Waals surface area contributed by atoms with Crippen LogP contribution in [-0.4, -0.2) is 0 Å². The average Bonchev–Trinajstić information content (AvgIpc) is 2.34. The minimum atomic E-state index is 1.17. The third-order valence-corrected chi connectivity index (χ3v) is 1.72. The third kappa shape index (κ3) is 0.615. The second-order valence-electron chi connectivity index (χ2n) is 2.42. The van der Waals surface area contributed by atoms with Crippen molar-refractivity contribution in [3.63, 3.8) is 0 Å². The van der Waals surface area contributed by atoms with E-state index in [1.165, 1.54) is 16.8 Å². The van der Waals surface area contributed by atoms with Crippen LogP contribution in [0.4, 0.5) is 5.69 Å². The van der Waals surface area contributed by atoms with Crippen LogP contribution in [0.5, 0.6) is 0 Å². The lowest BCUT2D eigenvalue weighted by Crippen LogP contribution is -1.80. The first-order valence-corrected chi connectivity index (χ1v) is 3.33. The van der Waals surface area contributed by atoms with E-state index in [-0.39, 0.29) is 0 Å². The van der Waals surface area contributed by atoms with Gasteiger partial charge in [0.05, 0.1) is 0 Å². The van der Waals surface area contributed by atoms with Crippen molar-refractivity contribution in [2.75, 3.05) is 5.32 Å². The summed E-state index contributed by atoms with van der Waals surface area (Å²) in [7, 11) is 0. The fourth-order valence-electron chi connectivity index (χ4n) is 1.15. The summed E-state index contributed by atoms with van der Waals surface area (Å²) < 4.78 is 0. The Morgan fingerprint density at radius 1 is 1.30 bits per heavy atom. The molecule has 0 aliphatic carbocycles. The van der Waals surface area contributed by atoms with E-state index >= 15 is 0 Å². The van der Waals surface area contributed by atoms with Crippen LogP contribution in [0.1, 0.15) is 12.5 Å². The molecule has 1 N–H and O–H groups in total. The second kappa shape index (κ2) is 1.83. The van der Waals surface area contributed by atoms with Crippen LogP contribution in [0, 0.1) is 6.20 Å². The molecule has 0 saturated carbocycles. The molecular formula is C9H8N+. The fraction of sp³-hybridized carbons (Fsp3) is 0.111. The van der Waals surface area contributed by atoms with Gasteiger partial charge in [-0.05, 0) is 19.1 Å². The van der Waals surface area contributed by atoms with Crippen molar-refractivity contribution in [1.82, 2.24) is 0 Å². The summed E-state index contributed by atoms with van der Waals surface area (Å²) in [5.41, 5.74) is 3.62. The van der Waals surface area contributed by atoms with Crippen molar-refractivity contribution < 1.29 is 0 Å². The van der Waals surface area contributed by atoms with Crippen molar-refractivity contribution in [2.24, 2.45) is 0 Å². The van der Waals surface area contributed by atoms with Crippen molar-refractivity contribution in [2.45, 2.75) is 6.92 Å². The van der Waals surface area contributed by atoms with Crippen molar-refractivity contribution in [3.05, 3.63) is 36.0 Å². The van der Waals surface area contributed by atoms with E-state index in [1.54, 1.807) is 0 Å². The fourth-order valence-corrected chi connectivity index (χ4v) is 1.15. The molecule has 0 bridgehead atoms. The summed E-state index contributed by atoms with van der Waals surface area (Å²) in [6.45, 7) is 2.05. The van der Waals surface area contributed by atoms with Gasteiger partial charge in [0.15, 0.2) is 16.8 Å². The van der Waals surface area contributed by atoms with Crippen LogP contribution in [0.2, 0.25) is 0 Å². The van der Waals surface area contributed by atoms with Gasteiger partial charge in [0, 0.05) is 12.1 Å². The number of nitrogens with one attached hydrogen (secondary N) is 1. The Morgan fingerprint density at radius 3 is 2.90 bits per heavy atom. The number of hydrogen-bond donors (Lipinski definition) is 1. The van der Waals surface area contributed by atoms with E-state index < -0.39 is 0 Å². The molecule has 1 heteroatoms. The summed E-state index contributed by atoms with van der Waals surface area (Å²) >= 11 is 0. The van der Waals surface area contributed by atoms with E-state index in [1.807, 2.05) is 12.1 Å². The molecule has 1 heterocycles. The minimum Gasteiger partial charge on any atom is -0.197 e. The largest absolute Gasteiger partial charge is 0.198 e. The molecule has 1 aliphatic heterocycles. The van der Waals surface area contributed by atoms with Gasteiger partial charge >= 0.3 is 0 Å². The third-order valence-electron chi connectivity index (χ3n) is 1.72. The van der Waals surface area contributed by atoms with Crippen LogP contribution < -0.4 is 5.32 Å². The number of para-hydroxylation sites is 1. The van der Waals surface area contributed by atoms with E-state index in [0.29, 0.717) is 0 Å². The second-order valence-corrected chi connectivity index (χ2v) is 2.42. The highest BCUT2D eigenvalue weighted by molar-refractivity contribution is 5.80. The van der Waals surface area contributed by atoms with E-state index in [9.17, 15) is 0 Å². The summed E-state index contributed by atoms with van der Waals surface area (Å²) in [5, 5.41) is 3.06. The van der Waals surface area contributed by atoms with Crippen molar-refractivity contribution >= 4 is 11.3 Å². The van der Waals surface area contributed by atoms with Crippen molar-refractivity contribution in [3.8, 4) is 0 Å². The van der Waals surface area contributed by atoms with Gasteiger partial charge in [-0.2, -0.15) is 5.32 Å². The van der Waals surface area contributed by atoms with Gasteiger partial charge in [0.1, 0.15) is 6.20 Å². The molecule has 2 rings (SSSR count). The van der Waals surface area contributed by atoms with E-state index in [2.05, 4.69) is 30.6 Å². The van der Waals surface area contributed by atoms with Crippen LogP contribution in [0.25, 0.3) is 5.57 Å². The predicted molar refractivity (Wildman–Crippen MR) is 42.4 cm³/mol. The monoisotopic (exact) mass is 130 g/mol. The summed E-state index contributed by atoms with van der Waals surface area (Å²) in [4.78, 5) is 0. The molecule has 1 aromatic carbocycles. The maximum atomic E-state index is 3.06. The van der Waals surface area contributed by atoms with Gasteiger partial charge in [-0.1, -0.05) is 0 Å². The van der Waals surface area contributed by atoms with Gasteiger partial charge in [-0.25, -0.2) is 0 Å². The van der Waals surface area contributed by atoms with Gasteiger partial charge < -0.3 is 0 Å². The molecule has 0 amide bonds. The number of rotatable bonds is 0. The molecule has 1 nitrogen and oxygen atoms in total. The first-order valence-electron chi connectivity index (χ1n) is 3.33. The number of hydrogen-bond acceptors (Lipinski definition) is 1. The summed E-state index contributed by atoms with van der Waals surface area (Å²) in [5.74, 6) is 0. The Bertz CT molecular complexity index is 287. The molecule has 0 saturated heterocycles. The quantitative estimate of drug-likeness (QED) is 0.531. The maximum Gasteiger partial charge on any atom is 0.198 e. The molecule has 0 radical (unpaired) electrons. The molecule has 0 atom stereocenters. The van der Waals surface area contributed by atoms with Crippen molar-refractivity contribution in [1.29, 1.82) is 0 Å². The lowest BCUT2D eigenvalue weighted by atomic mass is 10.1. The van der Waals surface area contributed by atoms with Crippen LogP contribution in [0.15, 0.2) is 24.3 Å². The molecule has 0 fully saturated rings. The topological polar surface area (TPSA) is 12.0 Å². The Labute approximate surface area is 60.4 Å². The highest BCUT2D eigenvalue weighted by Crippen LogP contribution is 2.27. The molecule has 0 aromatic heterocycles. The molecule has 10 heavy (non-hydrogen) atoms. The Kier molecular flexibility index (Phi) is 0.996. The average molecular weight is 130 g/mol. The highest BCUT2D eigenvalue weighted by atomic mass is 14.9. The van der Waals surface area contributed by atoms with E-state index in [4.69, 9.17) is 0 Å². The standard InChI is InChI=1S/C9H8N/c1-7-6-10-9-5-3-2-4-8(7)9/h2-5,10H,1H3/q+1. The predicted octanol–water partition coefficient (Wildman–Crippen LogP) is 2.28. The van der Waals surface area contributed by atoms with Crippen LogP contribution in [-0.2, 0) is 0 Å². The SMILES string of the molecule is CC1=[C+]Nc2ccccc21. The lowest BCUT2D eigenvalue weighted by molar-refractivity contribution is 1.60. The molecule has 48 valence electrons. The molecule has 0 spiro atoms. The van der Waals surface area contributed by atoms with Gasteiger partial charge in [-0.3, -0.25) is 0 Å². The summed E-state index contributed by atoms with van der Waals surface area (Å²) in [6, 6.07) is 8.21. The maximum absolute atomic E-state index is 3.06. The zero-order valence-corrected chi connectivity index (χ0v) is 5.81. The summed E-state index contributed by atoms with van der Waals surface area (Å²) in [6.07, 6.45) is 3.05. The smallest absolute Gasteiger partial charge is 0.197 e. The van der Waals surface area contributed by atoms with Gasteiger partial charge in [0.25, 0.3) is 0 Å². The van der Waals surface area contributed by atoms with Crippen LogP contribution >= 0.6 is 0 Å². The first-order chi connectivity index (χ1) is 4.88. The lowest BCUT2D eigenvalue weighted by Gasteiger charge is -1.85. The number of fused-ring (bicyclic) bond motifs is 1. The molecular weight excluding hydrogens is 122 g/mol. The number of anilines is 1. The normalized spacial score (nSPS) is 13.1. The molecule has 1 aromatic rings. The van der Waals surface area contributed by atoms with Gasteiger partial charge in [-0.15, -0.1) is 0 Å². The zero-order valence-electron chi connectivity index (χ0n) is 5.81. The Hall–Kier alpha value is -1.33. The van der Waals surface area contributed by atoms with Gasteiger partial charge in [0.2, 0.25) is 0 Å². The van der Waals surface area contributed by atoms with E-state index in [0.717, 1.165) is 0 Å². The zero-order chi connectivity index (χ0) is 6.97. The minimum absolute atomic E-state index is 1.17. The molecule has 0 unspecified atom stereocenters. The Morgan fingerprint density at radius 2 is 2.10 bits per heavy atom. The van der Waals surface area contributed by atoms with Crippen LogP contribution in [0.3, 0.4) is 0 Å².